The highest BCUT2D eigenvalue weighted by molar-refractivity contribution is 5.21. The van der Waals surface area contributed by atoms with Gasteiger partial charge >= 0.3 is 0 Å². The summed E-state index contributed by atoms with van der Waals surface area (Å²) >= 11 is 0. The van der Waals surface area contributed by atoms with Gasteiger partial charge in [0, 0.05) is 0 Å². The zero-order chi connectivity index (χ0) is 11.9. The molecule has 2 aliphatic rings. The van der Waals surface area contributed by atoms with Crippen LogP contribution in [0.25, 0.3) is 0 Å². The Hall–Kier alpha value is -0.560. The first-order valence-corrected chi connectivity index (χ1v) is 6.46. The maximum atomic E-state index is 9.72. The third-order valence-corrected chi connectivity index (χ3v) is 4.92. The highest BCUT2D eigenvalue weighted by atomic mass is 16.3. The van der Waals surface area contributed by atoms with E-state index in [4.69, 9.17) is 0 Å². The molecule has 16 heavy (non-hydrogen) atoms. The van der Waals surface area contributed by atoms with Gasteiger partial charge in [-0.1, -0.05) is 44.6 Å². The molecule has 1 N–H and O–H groups in total. The molecule has 0 bridgehead atoms. The summed E-state index contributed by atoms with van der Waals surface area (Å²) in [5.74, 6) is 1.77. The molecule has 0 radical (unpaired) electrons. The third kappa shape index (κ3) is 1.86. The Morgan fingerprint density at radius 3 is 2.50 bits per heavy atom. The number of rotatable bonds is 1. The monoisotopic (exact) mass is 220 g/mol. The van der Waals surface area contributed by atoms with Crippen LogP contribution in [0, 0.1) is 23.2 Å². The van der Waals surface area contributed by atoms with Crippen LogP contribution in [0.2, 0.25) is 0 Å². The van der Waals surface area contributed by atoms with Gasteiger partial charge in [-0.15, -0.1) is 0 Å². The Kier molecular flexibility index (Phi) is 3.00. The molecule has 0 aliphatic heterocycles. The summed E-state index contributed by atoms with van der Waals surface area (Å²) in [6.45, 7) is 9.13. The molecule has 0 amide bonds. The fraction of sp³-hybridized carbons (Fsp3) is 0.733. The van der Waals surface area contributed by atoms with Crippen LogP contribution < -0.4 is 0 Å². The van der Waals surface area contributed by atoms with Crippen LogP contribution in [0.4, 0.5) is 0 Å². The molecule has 2 rings (SSSR count). The van der Waals surface area contributed by atoms with Crippen molar-refractivity contribution in [2.75, 3.05) is 0 Å². The van der Waals surface area contributed by atoms with Crippen molar-refractivity contribution in [1.29, 1.82) is 0 Å². The van der Waals surface area contributed by atoms with Crippen molar-refractivity contribution < 1.29 is 5.11 Å². The van der Waals surface area contributed by atoms with Gasteiger partial charge in [0.1, 0.15) is 0 Å². The van der Waals surface area contributed by atoms with E-state index in [1.807, 2.05) is 6.08 Å². The first kappa shape index (κ1) is 11.9. The second-order valence-corrected chi connectivity index (χ2v) is 6.20. The number of aliphatic hydroxyl groups is 1. The van der Waals surface area contributed by atoms with Crippen LogP contribution in [-0.4, -0.2) is 11.2 Å². The van der Waals surface area contributed by atoms with Crippen LogP contribution >= 0.6 is 0 Å². The van der Waals surface area contributed by atoms with Crippen molar-refractivity contribution in [2.45, 2.75) is 46.6 Å². The van der Waals surface area contributed by atoms with Crippen LogP contribution in [0.5, 0.6) is 0 Å². The van der Waals surface area contributed by atoms with Crippen molar-refractivity contribution in [3.05, 3.63) is 23.8 Å². The summed E-state index contributed by atoms with van der Waals surface area (Å²) in [5.41, 5.74) is 1.86. The molecular formula is C15H24O. The van der Waals surface area contributed by atoms with Gasteiger partial charge in [-0.2, -0.15) is 0 Å². The first-order valence-electron chi connectivity index (χ1n) is 6.46. The second kappa shape index (κ2) is 4.03. The van der Waals surface area contributed by atoms with Crippen LogP contribution in [0.3, 0.4) is 0 Å². The van der Waals surface area contributed by atoms with Crippen molar-refractivity contribution >= 4 is 0 Å². The van der Waals surface area contributed by atoms with Crippen LogP contribution in [0.15, 0.2) is 23.8 Å². The molecule has 0 saturated heterocycles. The lowest BCUT2D eigenvalue weighted by Crippen LogP contribution is -2.32. The van der Waals surface area contributed by atoms with Crippen molar-refractivity contribution in [2.24, 2.45) is 23.2 Å². The molecule has 0 fully saturated rings. The Bertz CT molecular complexity index is 324. The van der Waals surface area contributed by atoms with Crippen molar-refractivity contribution in [1.82, 2.24) is 0 Å². The van der Waals surface area contributed by atoms with E-state index < -0.39 is 0 Å². The van der Waals surface area contributed by atoms with Gasteiger partial charge in [0.15, 0.2) is 0 Å². The lowest BCUT2D eigenvalue weighted by atomic mass is 9.67. The topological polar surface area (TPSA) is 20.2 Å². The summed E-state index contributed by atoms with van der Waals surface area (Å²) in [6.07, 6.45) is 8.76. The quantitative estimate of drug-likeness (QED) is 0.670. The van der Waals surface area contributed by atoms with Gasteiger partial charge in [-0.3, -0.25) is 0 Å². The Labute approximate surface area is 99.3 Å². The van der Waals surface area contributed by atoms with E-state index in [0.717, 1.165) is 12.3 Å². The molecule has 90 valence electrons. The van der Waals surface area contributed by atoms with Gasteiger partial charge < -0.3 is 5.11 Å². The van der Waals surface area contributed by atoms with Crippen LogP contribution in [0.1, 0.15) is 40.5 Å². The molecule has 0 heterocycles. The zero-order valence-corrected chi connectivity index (χ0v) is 10.9. The zero-order valence-electron chi connectivity index (χ0n) is 10.9. The fourth-order valence-corrected chi connectivity index (χ4v) is 3.26. The standard InChI is InChI=1S/C15H24O/c1-10-9-12(6-8-14(10)16)13-7-5-11(2)15(13,3)4/h5-6,8,10,12-14,16H,7,9H2,1-4H3/t10-,12-,13+,14+/m0/s1. The fourth-order valence-electron chi connectivity index (χ4n) is 3.26. The van der Waals surface area contributed by atoms with E-state index in [1.165, 1.54) is 12.0 Å². The highest BCUT2D eigenvalue weighted by Crippen LogP contribution is 2.49. The minimum absolute atomic E-state index is 0.227. The van der Waals surface area contributed by atoms with E-state index in [2.05, 4.69) is 39.8 Å². The third-order valence-electron chi connectivity index (χ3n) is 4.92. The molecule has 1 nitrogen and oxygen atoms in total. The number of aliphatic hydroxyl groups excluding tert-OH is 1. The Morgan fingerprint density at radius 1 is 1.31 bits per heavy atom. The Morgan fingerprint density at radius 2 is 2.00 bits per heavy atom. The van der Waals surface area contributed by atoms with Crippen molar-refractivity contribution in [3.8, 4) is 0 Å². The molecule has 0 aromatic carbocycles. The van der Waals surface area contributed by atoms with E-state index >= 15 is 0 Å². The predicted octanol–water partition coefficient (Wildman–Crippen LogP) is 3.55. The minimum Gasteiger partial charge on any atom is -0.389 e. The Balaban J connectivity index is 2.14. The number of allylic oxidation sites excluding steroid dienone is 3. The minimum atomic E-state index is -0.227. The summed E-state index contributed by atoms with van der Waals surface area (Å²) in [7, 11) is 0. The average molecular weight is 220 g/mol. The van der Waals surface area contributed by atoms with E-state index in [-0.39, 0.29) is 6.10 Å². The molecule has 1 heteroatoms. The average Bonchev–Trinajstić information content (AvgIpc) is 2.47. The molecule has 2 aliphatic carbocycles. The summed E-state index contributed by atoms with van der Waals surface area (Å²) in [6, 6.07) is 0. The summed E-state index contributed by atoms with van der Waals surface area (Å²) in [5, 5.41) is 9.72. The van der Waals surface area contributed by atoms with Gasteiger partial charge in [-0.05, 0) is 42.9 Å². The maximum absolute atomic E-state index is 9.72. The molecule has 4 atom stereocenters. The van der Waals surface area contributed by atoms with Gasteiger partial charge in [0.25, 0.3) is 0 Å². The highest BCUT2D eigenvalue weighted by Gasteiger charge is 2.40. The molecular weight excluding hydrogens is 196 g/mol. The summed E-state index contributed by atoms with van der Waals surface area (Å²) < 4.78 is 0. The SMILES string of the molecule is CC1=CC[C@H]([C@H]2C=C[C@@H](O)[C@@H](C)C2)C1(C)C. The molecule has 0 saturated carbocycles. The lowest BCUT2D eigenvalue weighted by Gasteiger charge is -2.38. The van der Waals surface area contributed by atoms with E-state index in [1.54, 1.807) is 0 Å². The van der Waals surface area contributed by atoms with Crippen molar-refractivity contribution in [3.63, 3.8) is 0 Å². The van der Waals surface area contributed by atoms with Gasteiger partial charge in [0.05, 0.1) is 6.10 Å². The second-order valence-electron chi connectivity index (χ2n) is 6.20. The largest absolute Gasteiger partial charge is 0.389 e. The lowest BCUT2D eigenvalue weighted by molar-refractivity contribution is 0.112. The number of hydrogen-bond acceptors (Lipinski definition) is 1. The molecule has 0 aromatic heterocycles. The predicted molar refractivity (Wildman–Crippen MR) is 68.1 cm³/mol. The first-order chi connectivity index (χ1) is 7.43. The summed E-state index contributed by atoms with van der Waals surface area (Å²) in [4.78, 5) is 0. The van der Waals surface area contributed by atoms with Crippen LogP contribution in [-0.2, 0) is 0 Å². The van der Waals surface area contributed by atoms with E-state index in [9.17, 15) is 5.11 Å². The normalized spacial score (nSPS) is 42.2. The van der Waals surface area contributed by atoms with Gasteiger partial charge in [-0.25, -0.2) is 0 Å². The smallest absolute Gasteiger partial charge is 0.0746 e. The molecule has 0 spiro atoms. The molecule has 0 aromatic rings. The van der Waals surface area contributed by atoms with Gasteiger partial charge in [0.2, 0.25) is 0 Å². The maximum Gasteiger partial charge on any atom is 0.0746 e. The molecule has 0 unspecified atom stereocenters. The van der Waals surface area contributed by atoms with E-state index in [0.29, 0.717) is 17.3 Å². The number of hydrogen-bond donors (Lipinski definition) is 1.